The molecule has 0 bridgehead atoms. The molecule has 0 radical (unpaired) electrons. The van der Waals surface area contributed by atoms with Crippen LogP contribution in [0.3, 0.4) is 0 Å². The van der Waals surface area contributed by atoms with Crippen molar-refractivity contribution >= 4 is 18.3 Å². The van der Waals surface area contributed by atoms with Crippen LogP contribution in [0.25, 0.3) is 0 Å². The van der Waals surface area contributed by atoms with Crippen LogP contribution in [-0.4, -0.2) is 31.6 Å². The third kappa shape index (κ3) is 4.23. The Morgan fingerprint density at radius 2 is 2.24 bits per heavy atom. The zero-order valence-corrected chi connectivity index (χ0v) is 15.1. The van der Waals surface area contributed by atoms with E-state index < -0.39 is 11.6 Å². The average Bonchev–Trinajstić information content (AvgIpc) is 2.99. The molecule has 140 valence electrons. The lowest BCUT2D eigenvalue weighted by molar-refractivity contribution is -0.134. The molecule has 1 amide bonds. The topological polar surface area (TPSA) is 50.4 Å². The van der Waals surface area contributed by atoms with Crippen LogP contribution in [0.15, 0.2) is 18.2 Å². The minimum absolute atomic E-state index is 0. The van der Waals surface area contributed by atoms with Crippen LogP contribution in [0.2, 0.25) is 0 Å². The lowest BCUT2D eigenvalue weighted by atomic mass is 9.67. The highest BCUT2D eigenvalue weighted by atomic mass is 35.5. The minimum Gasteiger partial charge on any atom is -0.488 e. The second kappa shape index (κ2) is 8.32. The highest BCUT2D eigenvalue weighted by molar-refractivity contribution is 5.85. The van der Waals surface area contributed by atoms with Gasteiger partial charge in [-0.25, -0.2) is 8.78 Å². The van der Waals surface area contributed by atoms with Crippen molar-refractivity contribution < 1.29 is 18.3 Å². The number of halogens is 3. The fraction of sp³-hybridized carbons (Fsp3) is 0.611. The lowest BCUT2D eigenvalue weighted by Gasteiger charge is -2.37. The molecule has 0 aromatic heterocycles. The zero-order chi connectivity index (χ0) is 17.2. The Balaban J connectivity index is 0.00000225. The number of amides is 1. The monoisotopic (exact) mass is 374 g/mol. The number of fused-ring (bicyclic) bond motifs is 1. The number of hydrogen-bond acceptors (Lipinski definition) is 3. The molecule has 1 aromatic carbocycles. The van der Waals surface area contributed by atoms with Crippen LogP contribution >= 0.6 is 12.4 Å². The normalized spacial score (nSPS) is 26.3. The minimum atomic E-state index is -0.737. The summed E-state index contributed by atoms with van der Waals surface area (Å²) >= 11 is 0. The third-order valence-electron chi connectivity index (χ3n) is 5.25. The summed E-state index contributed by atoms with van der Waals surface area (Å²) in [5.41, 5.74) is -0.312. The summed E-state index contributed by atoms with van der Waals surface area (Å²) in [7, 11) is 0. The highest BCUT2D eigenvalue weighted by Crippen LogP contribution is 2.43. The van der Waals surface area contributed by atoms with Gasteiger partial charge in [0.1, 0.15) is 12.4 Å². The Hall–Kier alpha value is -1.40. The maximum absolute atomic E-state index is 13.6. The molecule has 3 rings (SSSR count). The van der Waals surface area contributed by atoms with Crippen LogP contribution in [0, 0.1) is 23.0 Å². The molecule has 1 saturated carbocycles. The number of rotatable bonds is 5. The molecule has 1 aliphatic carbocycles. The first-order valence-electron chi connectivity index (χ1n) is 8.61. The van der Waals surface area contributed by atoms with Gasteiger partial charge in [0.2, 0.25) is 5.91 Å². The van der Waals surface area contributed by atoms with Gasteiger partial charge in [0.25, 0.3) is 0 Å². The number of carbonyl (C=O) groups is 1. The molecule has 2 N–H and O–H groups in total. The smallest absolute Gasteiger partial charge is 0.228 e. The fourth-order valence-corrected chi connectivity index (χ4v) is 3.91. The quantitative estimate of drug-likeness (QED) is 0.832. The van der Waals surface area contributed by atoms with Crippen molar-refractivity contribution in [2.75, 3.05) is 19.7 Å². The van der Waals surface area contributed by atoms with Crippen molar-refractivity contribution in [1.29, 1.82) is 0 Å². The van der Waals surface area contributed by atoms with Gasteiger partial charge in [0, 0.05) is 12.6 Å². The van der Waals surface area contributed by atoms with E-state index in [0.29, 0.717) is 5.92 Å². The van der Waals surface area contributed by atoms with E-state index in [1.54, 1.807) is 0 Å². The highest BCUT2D eigenvalue weighted by Gasteiger charge is 2.49. The summed E-state index contributed by atoms with van der Waals surface area (Å²) in [6.07, 6.45) is 4.27. The maximum atomic E-state index is 13.6. The first-order chi connectivity index (χ1) is 11.5. The molecule has 1 aliphatic heterocycles. The van der Waals surface area contributed by atoms with E-state index >= 15 is 0 Å². The summed E-state index contributed by atoms with van der Waals surface area (Å²) < 4.78 is 31.8. The lowest BCUT2D eigenvalue weighted by Crippen LogP contribution is -2.51. The standard InChI is InChI=1S/C18H24F2N2O2.ClH/c1-12(10-24-16-6-5-14(19)8-15(16)20)22-17(23)18-7-3-2-4-13(18)9-21-11-18;/h5-6,8,12-13,21H,2-4,7,9-11H2,1H3,(H,22,23);1H/t12?,13-,18+;/m0./s1. The van der Waals surface area contributed by atoms with Gasteiger partial charge < -0.3 is 15.4 Å². The average molecular weight is 375 g/mol. The van der Waals surface area contributed by atoms with Gasteiger partial charge in [-0.1, -0.05) is 12.8 Å². The van der Waals surface area contributed by atoms with E-state index in [1.807, 2.05) is 6.92 Å². The number of ether oxygens (including phenoxy) is 1. The largest absolute Gasteiger partial charge is 0.488 e. The van der Waals surface area contributed by atoms with Crippen molar-refractivity contribution in [2.45, 2.75) is 38.6 Å². The predicted molar refractivity (Wildman–Crippen MR) is 94.0 cm³/mol. The van der Waals surface area contributed by atoms with Gasteiger partial charge in [-0.05, 0) is 44.4 Å². The van der Waals surface area contributed by atoms with E-state index in [0.717, 1.165) is 44.5 Å². The van der Waals surface area contributed by atoms with Gasteiger partial charge in [0.05, 0.1) is 11.5 Å². The Morgan fingerprint density at radius 1 is 1.44 bits per heavy atom. The molecule has 25 heavy (non-hydrogen) atoms. The number of hydrogen-bond donors (Lipinski definition) is 2. The SMILES string of the molecule is CC(COc1ccc(F)cc1F)NC(=O)[C@@]12CCCC[C@H]1CNC2.Cl. The zero-order valence-electron chi connectivity index (χ0n) is 14.3. The summed E-state index contributed by atoms with van der Waals surface area (Å²) in [5.74, 6) is -0.924. The van der Waals surface area contributed by atoms with Crippen molar-refractivity contribution in [3.8, 4) is 5.75 Å². The molecule has 1 unspecified atom stereocenters. The Bertz CT molecular complexity index is 617. The van der Waals surface area contributed by atoms with E-state index in [-0.39, 0.29) is 42.1 Å². The van der Waals surface area contributed by atoms with Crippen molar-refractivity contribution in [3.05, 3.63) is 29.8 Å². The molecule has 3 atom stereocenters. The van der Waals surface area contributed by atoms with Crippen LogP contribution in [-0.2, 0) is 4.79 Å². The van der Waals surface area contributed by atoms with Gasteiger partial charge in [-0.2, -0.15) is 0 Å². The van der Waals surface area contributed by atoms with E-state index in [1.165, 1.54) is 12.5 Å². The molecular weight excluding hydrogens is 350 g/mol. The third-order valence-corrected chi connectivity index (χ3v) is 5.25. The summed E-state index contributed by atoms with van der Waals surface area (Å²) in [6.45, 7) is 3.60. The summed E-state index contributed by atoms with van der Waals surface area (Å²) in [4.78, 5) is 12.8. The molecule has 2 aliphatic rings. The fourth-order valence-electron chi connectivity index (χ4n) is 3.91. The van der Waals surface area contributed by atoms with Gasteiger partial charge in [-0.15, -0.1) is 12.4 Å². The van der Waals surface area contributed by atoms with Gasteiger partial charge in [0.15, 0.2) is 11.6 Å². The molecular formula is C18H25ClF2N2O2. The van der Waals surface area contributed by atoms with E-state index in [2.05, 4.69) is 10.6 Å². The number of carbonyl (C=O) groups excluding carboxylic acids is 1. The Labute approximate surface area is 153 Å². The molecule has 1 heterocycles. The maximum Gasteiger partial charge on any atom is 0.228 e. The summed E-state index contributed by atoms with van der Waals surface area (Å²) in [6, 6.07) is 2.95. The van der Waals surface area contributed by atoms with Gasteiger partial charge in [-0.3, -0.25) is 4.79 Å². The predicted octanol–water partition coefficient (Wildman–Crippen LogP) is 3.05. The molecule has 2 fully saturated rings. The van der Waals surface area contributed by atoms with E-state index in [4.69, 9.17) is 4.74 Å². The molecule has 0 spiro atoms. The van der Waals surface area contributed by atoms with Crippen molar-refractivity contribution in [1.82, 2.24) is 10.6 Å². The molecule has 1 saturated heterocycles. The molecule has 4 nitrogen and oxygen atoms in total. The van der Waals surface area contributed by atoms with Crippen molar-refractivity contribution in [2.24, 2.45) is 11.3 Å². The number of benzene rings is 1. The van der Waals surface area contributed by atoms with Crippen LogP contribution in [0.1, 0.15) is 32.6 Å². The first-order valence-corrected chi connectivity index (χ1v) is 8.61. The number of nitrogens with one attached hydrogen (secondary N) is 2. The Morgan fingerprint density at radius 3 is 3.00 bits per heavy atom. The van der Waals surface area contributed by atoms with Crippen LogP contribution in [0.5, 0.6) is 5.75 Å². The first kappa shape index (κ1) is 19.9. The second-order valence-corrected chi connectivity index (χ2v) is 6.99. The van der Waals surface area contributed by atoms with Crippen LogP contribution < -0.4 is 15.4 Å². The molecule has 1 aromatic rings. The summed E-state index contributed by atoms with van der Waals surface area (Å²) in [5, 5.41) is 6.37. The van der Waals surface area contributed by atoms with Crippen molar-refractivity contribution in [3.63, 3.8) is 0 Å². The molecule has 7 heteroatoms. The van der Waals surface area contributed by atoms with E-state index in [9.17, 15) is 13.6 Å². The van der Waals surface area contributed by atoms with Gasteiger partial charge >= 0.3 is 0 Å². The van der Waals surface area contributed by atoms with Crippen LogP contribution in [0.4, 0.5) is 8.78 Å². The second-order valence-electron chi connectivity index (χ2n) is 6.99. The Kier molecular flexibility index (Phi) is 6.63.